The number of hydrogen-bond donors (Lipinski definition) is 0. The molecule has 3 heterocycles. The molecule has 5 amide bonds. The Morgan fingerprint density at radius 2 is 1.78 bits per heavy atom. The number of carbonyl (C=O) groups is 4. The molecule has 0 bridgehead atoms. The molecule has 138 valence electrons. The Morgan fingerprint density at radius 1 is 1.00 bits per heavy atom. The van der Waals surface area contributed by atoms with Gasteiger partial charge in [-0.1, -0.05) is 24.3 Å². The largest absolute Gasteiger partial charge is 0.335 e. The fourth-order valence-electron chi connectivity index (χ4n) is 3.40. The van der Waals surface area contributed by atoms with Crippen molar-refractivity contribution in [2.45, 2.75) is 19.4 Å². The highest BCUT2D eigenvalue weighted by Gasteiger charge is 2.45. The minimum absolute atomic E-state index is 0.0400. The smallest absolute Gasteiger partial charge is 0.311 e. The number of hydrogen-bond acceptors (Lipinski definition) is 5. The Bertz CT molecular complexity index is 925. The second-order valence-electron chi connectivity index (χ2n) is 6.42. The lowest BCUT2D eigenvalue weighted by Crippen LogP contribution is -2.45. The third-order valence-electron chi connectivity index (χ3n) is 4.73. The van der Waals surface area contributed by atoms with Crippen LogP contribution in [-0.2, 0) is 27.3 Å². The lowest BCUT2D eigenvalue weighted by atomic mass is 10.0. The lowest BCUT2D eigenvalue weighted by Gasteiger charge is -2.30. The molecule has 0 N–H and O–H groups in total. The number of imide groups is 2. The highest BCUT2D eigenvalue weighted by Crippen LogP contribution is 2.27. The Hall–Kier alpha value is -3.00. The number of para-hydroxylation sites is 1. The average Bonchev–Trinajstić information content (AvgIpc) is 3.27. The van der Waals surface area contributed by atoms with Gasteiger partial charge in [-0.25, -0.2) is 9.69 Å². The van der Waals surface area contributed by atoms with E-state index in [0.717, 1.165) is 38.8 Å². The number of thiophene rings is 1. The van der Waals surface area contributed by atoms with E-state index in [4.69, 9.17) is 0 Å². The van der Waals surface area contributed by atoms with Gasteiger partial charge in [-0.2, -0.15) is 0 Å². The van der Waals surface area contributed by atoms with E-state index in [0.29, 0.717) is 6.54 Å². The summed E-state index contributed by atoms with van der Waals surface area (Å²) in [5, 5.41) is 1.83. The van der Waals surface area contributed by atoms with Gasteiger partial charge >= 0.3 is 17.8 Å². The number of amides is 5. The summed E-state index contributed by atoms with van der Waals surface area (Å²) >= 11 is 1.39. The predicted molar refractivity (Wildman–Crippen MR) is 99.1 cm³/mol. The third-order valence-corrected chi connectivity index (χ3v) is 5.59. The van der Waals surface area contributed by atoms with Crippen LogP contribution < -0.4 is 4.90 Å². The maximum Gasteiger partial charge on any atom is 0.335 e. The second-order valence-corrected chi connectivity index (χ2v) is 7.45. The summed E-state index contributed by atoms with van der Waals surface area (Å²) in [7, 11) is 0. The Balaban J connectivity index is 1.51. The van der Waals surface area contributed by atoms with Crippen LogP contribution in [0.5, 0.6) is 0 Å². The maximum atomic E-state index is 12.8. The van der Waals surface area contributed by atoms with Crippen LogP contribution in [0.2, 0.25) is 0 Å². The van der Waals surface area contributed by atoms with Crippen LogP contribution in [0.15, 0.2) is 41.8 Å². The predicted octanol–water partition coefficient (Wildman–Crippen LogP) is 2.02. The van der Waals surface area contributed by atoms with E-state index in [1.54, 1.807) is 11.0 Å². The van der Waals surface area contributed by atoms with Gasteiger partial charge in [-0.3, -0.25) is 19.3 Å². The van der Waals surface area contributed by atoms with Gasteiger partial charge in [0, 0.05) is 17.1 Å². The van der Waals surface area contributed by atoms with E-state index in [-0.39, 0.29) is 12.5 Å². The molecular formula is C19H17N3O4S. The first-order valence-corrected chi connectivity index (χ1v) is 9.52. The monoisotopic (exact) mass is 383 g/mol. The van der Waals surface area contributed by atoms with Crippen LogP contribution in [-0.4, -0.2) is 46.6 Å². The molecule has 1 saturated heterocycles. The van der Waals surface area contributed by atoms with E-state index in [1.165, 1.54) is 11.3 Å². The molecular weight excluding hydrogens is 366 g/mol. The van der Waals surface area contributed by atoms with Crippen molar-refractivity contribution in [1.29, 1.82) is 0 Å². The average molecular weight is 383 g/mol. The first kappa shape index (κ1) is 17.4. The summed E-state index contributed by atoms with van der Waals surface area (Å²) < 4.78 is 0. The molecule has 1 aromatic carbocycles. The van der Waals surface area contributed by atoms with Gasteiger partial charge in [0.2, 0.25) is 5.91 Å². The zero-order valence-electron chi connectivity index (χ0n) is 14.5. The van der Waals surface area contributed by atoms with E-state index >= 15 is 0 Å². The number of nitrogens with zero attached hydrogens (tertiary/aromatic N) is 3. The van der Waals surface area contributed by atoms with Crippen LogP contribution in [0, 0.1) is 0 Å². The van der Waals surface area contributed by atoms with Crippen LogP contribution in [0.1, 0.15) is 16.9 Å². The van der Waals surface area contributed by atoms with Crippen molar-refractivity contribution in [3.63, 3.8) is 0 Å². The van der Waals surface area contributed by atoms with Gasteiger partial charge in [0.05, 0.1) is 6.54 Å². The number of benzene rings is 1. The summed E-state index contributed by atoms with van der Waals surface area (Å²) in [5.74, 6) is -2.20. The van der Waals surface area contributed by atoms with Gasteiger partial charge < -0.3 is 4.90 Å². The van der Waals surface area contributed by atoms with Crippen LogP contribution in [0.4, 0.5) is 10.5 Å². The first-order valence-electron chi connectivity index (χ1n) is 8.64. The second kappa shape index (κ2) is 6.96. The molecule has 0 unspecified atom stereocenters. The summed E-state index contributed by atoms with van der Waals surface area (Å²) in [6, 6.07) is 10.4. The standard InChI is InChI=1S/C19H17N3O4S/c23-16(20-9-3-6-13-5-1-2-8-15(13)20)12-22-18(25)17(24)21(19(22)26)11-14-7-4-10-27-14/h1-2,4-5,7-8,10H,3,6,9,11-12H2. The molecule has 7 nitrogen and oxygen atoms in total. The third kappa shape index (κ3) is 3.12. The first-order chi connectivity index (χ1) is 13.1. The van der Waals surface area contributed by atoms with Gasteiger partial charge in [0.15, 0.2) is 0 Å². The number of fused-ring (bicyclic) bond motifs is 1. The van der Waals surface area contributed by atoms with E-state index < -0.39 is 24.4 Å². The maximum absolute atomic E-state index is 12.8. The van der Waals surface area contributed by atoms with Crippen molar-refractivity contribution < 1.29 is 19.2 Å². The van der Waals surface area contributed by atoms with Crippen molar-refractivity contribution in [2.75, 3.05) is 18.0 Å². The van der Waals surface area contributed by atoms with Gasteiger partial charge in [-0.15, -0.1) is 11.3 Å². The van der Waals surface area contributed by atoms with Crippen LogP contribution in [0.25, 0.3) is 0 Å². The minimum Gasteiger partial charge on any atom is -0.311 e. The number of carbonyl (C=O) groups excluding carboxylic acids is 4. The fourth-order valence-corrected chi connectivity index (χ4v) is 4.09. The highest BCUT2D eigenvalue weighted by atomic mass is 32.1. The molecule has 1 fully saturated rings. The quantitative estimate of drug-likeness (QED) is 0.598. The van der Waals surface area contributed by atoms with Crippen molar-refractivity contribution in [2.24, 2.45) is 0 Å². The summed E-state index contributed by atoms with van der Waals surface area (Å²) in [4.78, 5) is 53.8. The molecule has 1 aromatic heterocycles. The summed E-state index contributed by atoms with van der Waals surface area (Å²) in [5.41, 5.74) is 1.86. The van der Waals surface area contributed by atoms with Crippen molar-refractivity contribution in [1.82, 2.24) is 9.80 Å². The lowest BCUT2D eigenvalue weighted by molar-refractivity contribution is -0.144. The Labute approximate surface area is 159 Å². The number of anilines is 1. The molecule has 2 aromatic rings. The molecule has 27 heavy (non-hydrogen) atoms. The summed E-state index contributed by atoms with van der Waals surface area (Å²) in [6.45, 7) is 0.135. The van der Waals surface area contributed by atoms with E-state index in [2.05, 4.69) is 0 Å². The molecule has 2 aliphatic rings. The number of urea groups is 1. The van der Waals surface area contributed by atoms with Crippen molar-refractivity contribution >= 4 is 40.8 Å². The molecule has 8 heteroatoms. The Kier molecular flexibility index (Phi) is 4.49. The molecule has 0 saturated carbocycles. The molecule has 0 spiro atoms. The number of rotatable bonds is 4. The van der Waals surface area contributed by atoms with Gasteiger partial charge in [0.25, 0.3) is 0 Å². The topological polar surface area (TPSA) is 78.0 Å². The SMILES string of the molecule is O=C1C(=O)N(Cc2cccs2)C(=O)N1CC(=O)N1CCCc2ccccc21. The highest BCUT2D eigenvalue weighted by molar-refractivity contribution is 7.09. The molecule has 4 rings (SSSR count). The van der Waals surface area contributed by atoms with Crippen molar-refractivity contribution in [3.8, 4) is 0 Å². The Morgan fingerprint density at radius 3 is 2.56 bits per heavy atom. The molecule has 0 aliphatic carbocycles. The normalized spacial score (nSPS) is 16.9. The van der Waals surface area contributed by atoms with Gasteiger partial charge in [-0.05, 0) is 35.9 Å². The van der Waals surface area contributed by atoms with Crippen LogP contribution in [0.3, 0.4) is 0 Å². The van der Waals surface area contributed by atoms with E-state index in [9.17, 15) is 19.2 Å². The van der Waals surface area contributed by atoms with Crippen molar-refractivity contribution in [3.05, 3.63) is 52.2 Å². The summed E-state index contributed by atoms with van der Waals surface area (Å²) in [6.07, 6.45) is 1.70. The molecule has 0 atom stereocenters. The molecule has 2 aliphatic heterocycles. The van der Waals surface area contributed by atoms with Crippen LogP contribution >= 0.6 is 11.3 Å². The zero-order chi connectivity index (χ0) is 19.0. The van der Waals surface area contributed by atoms with Gasteiger partial charge in [0.1, 0.15) is 6.54 Å². The number of aryl methyl sites for hydroxylation is 1. The van der Waals surface area contributed by atoms with E-state index in [1.807, 2.05) is 35.7 Å². The fraction of sp³-hybridized carbons (Fsp3) is 0.263. The minimum atomic E-state index is -0.949. The zero-order valence-corrected chi connectivity index (χ0v) is 15.3. The molecule has 0 radical (unpaired) electrons.